The number of benzene rings is 1. The first kappa shape index (κ1) is 40.4. The average molecular weight is 780 g/mol. The van der Waals surface area contributed by atoms with Gasteiger partial charge in [-0.1, -0.05) is 77.1 Å². The zero-order chi connectivity index (χ0) is 40.9. The van der Waals surface area contributed by atoms with Crippen LogP contribution in [0.1, 0.15) is 151 Å². The molecule has 310 valence electrons. The van der Waals surface area contributed by atoms with Gasteiger partial charge in [0.05, 0.1) is 35.2 Å². The Bertz CT molecular complexity index is 1920. The molecule has 2 aromatic rings. The molecule has 8 heteroatoms. The van der Waals surface area contributed by atoms with Crippen LogP contribution in [0.5, 0.6) is 0 Å². The minimum Gasteiger partial charge on any atom is -0.481 e. The highest BCUT2D eigenvalue weighted by Crippen LogP contribution is 2.78. The molecule has 0 bridgehead atoms. The lowest BCUT2D eigenvalue weighted by Gasteiger charge is -2.73. The number of carboxylic acid groups (broad SMARTS) is 1. The number of esters is 1. The number of H-pyrrole nitrogens is 1. The van der Waals surface area contributed by atoms with Gasteiger partial charge in [0, 0.05) is 12.0 Å². The molecular formula is C49H69N3O5. The molecule has 2 heterocycles. The summed E-state index contributed by atoms with van der Waals surface area (Å²) in [6.45, 7) is 23.2. The predicted octanol–water partition coefficient (Wildman–Crippen LogP) is 10.8. The second-order valence-electron chi connectivity index (χ2n) is 21.8. The number of fused-ring (bicyclic) bond motifs is 7. The summed E-state index contributed by atoms with van der Waals surface area (Å²) in [5.74, 6) is 1.96. The quantitative estimate of drug-likeness (QED) is 0.204. The standard InChI is InChI=1S/C49H69N3O5/c1-30(2)32-19-24-49(42(54)52-27-13-16-35(52)41-50-29-34(51-41)31-14-11-10-12-15-31)26-25-47(8)33(40(32)49)17-18-37-46(7)22-21-38(57-39(53)28-44(3,4)43(55)56)45(5,6)36(46)20-23-48(37,47)9/h10-12,14-15,29,32-33,35-38,40H,1,13,16-28H2,2-9H3,(H,50,51)(H,55,56)/t32-,33+,35?,36-,37+,38-,40+,46-,47+,48+,49-/m0/s1. The van der Waals surface area contributed by atoms with E-state index in [0.29, 0.717) is 35.5 Å². The van der Waals surface area contributed by atoms with Crippen LogP contribution in [0, 0.1) is 62.1 Å². The number of aliphatic carboxylic acids is 1. The van der Waals surface area contributed by atoms with Crippen LogP contribution in [-0.4, -0.2) is 50.5 Å². The summed E-state index contributed by atoms with van der Waals surface area (Å²) in [5.41, 5.74) is 1.95. The molecule has 11 atom stereocenters. The number of likely N-dealkylation sites (tertiary alicyclic amines) is 1. The topological polar surface area (TPSA) is 113 Å². The second-order valence-corrected chi connectivity index (χ2v) is 21.8. The number of nitrogens with one attached hydrogen (secondary N) is 1. The van der Waals surface area contributed by atoms with Crippen LogP contribution in [0.4, 0.5) is 0 Å². The number of carboxylic acids is 1. The summed E-state index contributed by atoms with van der Waals surface area (Å²) in [7, 11) is 0. The van der Waals surface area contributed by atoms with E-state index in [1.54, 1.807) is 13.8 Å². The van der Waals surface area contributed by atoms with E-state index >= 15 is 4.79 Å². The molecule has 1 unspecified atom stereocenters. The normalized spacial score (nSPS) is 39.6. The molecule has 1 aromatic carbocycles. The Morgan fingerprint density at radius 1 is 0.912 bits per heavy atom. The SMILES string of the molecule is C=C(C)[C@@H]1CC[C@]2(C(=O)N3CCCC3c3ncc(-c4ccccc4)[nH]3)CC[C@]3(C)[C@H](CC[C@@H]4[C@@]5(C)CC[C@H](OC(=O)CC(C)(C)C(=O)O)C(C)(C)[C@@H]5CC[C@]43C)[C@@H]12. The molecule has 6 fully saturated rings. The fourth-order valence-electron chi connectivity index (χ4n) is 15.2. The summed E-state index contributed by atoms with van der Waals surface area (Å²) < 4.78 is 6.22. The Balaban J connectivity index is 1.06. The zero-order valence-electron chi connectivity index (χ0n) is 36.1. The number of carbonyl (C=O) groups excluding carboxylic acids is 2. The zero-order valence-corrected chi connectivity index (χ0v) is 36.1. The van der Waals surface area contributed by atoms with E-state index in [0.717, 1.165) is 94.3 Å². The lowest BCUT2D eigenvalue weighted by Crippen LogP contribution is -2.67. The van der Waals surface area contributed by atoms with Gasteiger partial charge in [-0.15, -0.1) is 0 Å². The third kappa shape index (κ3) is 6.01. The maximum atomic E-state index is 15.5. The van der Waals surface area contributed by atoms with E-state index in [2.05, 4.69) is 82.3 Å². The van der Waals surface area contributed by atoms with E-state index in [1.807, 2.05) is 12.3 Å². The summed E-state index contributed by atoms with van der Waals surface area (Å²) >= 11 is 0. The third-order valence-electron chi connectivity index (χ3n) is 18.4. The van der Waals surface area contributed by atoms with Crippen molar-refractivity contribution in [3.63, 3.8) is 0 Å². The first-order valence-electron chi connectivity index (χ1n) is 22.3. The summed E-state index contributed by atoms with van der Waals surface area (Å²) in [6, 6.07) is 10.3. The van der Waals surface area contributed by atoms with Crippen LogP contribution in [0.25, 0.3) is 11.3 Å². The summed E-state index contributed by atoms with van der Waals surface area (Å²) in [6.07, 6.45) is 13.9. The van der Waals surface area contributed by atoms with Gasteiger partial charge in [0.1, 0.15) is 11.9 Å². The highest BCUT2D eigenvalue weighted by molar-refractivity contribution is 5.85. The van der Waals surface area contributed by atoms with Crippen LogP contribution < -0.4 is 0 Å². The first-order valence-corrected chi connectivity index (χ1v) is 22.3. The molecule has 8 nitrogen and oxygen atoms in total. The number of ether oxygens (including phenoxy) is 1. The van der Waals surface area contributed by atoms with Crippen molar-refractivity contribution in [1.29, 1.82) is 0 Å². The Hall–Kier alpha value is -3.42. The monoisotopic (exact) mass is 780 g/mol. The van der Waals surface area contributed by atoms with E-state index in [4.69, 9.17) is 9.72 Å². The summed E-state index contributed by atoms with van der Waals surface area (Å²) in [4.78, 5) is 51.2. The van der Waals surface area contributed by atoms with Gasteiger partial charge in [0.15, 0.2) is 0 Å². The minimum absolute atomic E-state index is 0.0212. The van der Waals surface area contributed by atoms with Gasteiger partial charge in [0.25, 0.3) is 0 Å². The van der Waals surface area contributed by atoms with Crippen molar-refractivity contribution in [1.82, 2.24) is 14.9 Å². The fraction of sp³-hybridized carbons (Fsp3) is 0.714. The van der Waals surface area contributed by atoms with Crippen molar-refractivity contribution in [3.8, 4) is 11.3 Å². The molecule has 0 spiro atoms. The Morgan fingerprint density at radius 2 is 1.65 bits per heavy atom. The molecule has 1 aromatic heterocycles. The molecule has 57 heavy (non-hydrogen) atoms. The van der Waals surface area contributed by atoms with E-state index in [1.165, 1.54) is 12.0 Å². The third-order valence-corrected chi connectivity index (χ3v) is 18.4. The Labute approximate surface area is 341 Å². The van der Waals surface area contributed by atoms with E-state index < -0.39 is 17.4 Å². The number of rotatable bonds is 8. The van der Waals surface area contributed by atoms with Crippen LogP contribution >= 0.6 is 0 Å². The van der Waals surface area contributed by atoms with Crippen molar-refractivity contribution in [2.45, 2.75) is 151 Å². The van der Waals surface area contributed by atoms with Gasteiger partial charge in [-0.25, -0.2) is 4.98 Å². The molecule has 1 saturated heterocycles. The van der Waals surface area contributed by atoms with Gasteiger partial charge < -0.3 is 19.7 Å². The lowest BCUT2D eigenvalue weighted by atomic mass is 9.32. The van der Waals surface area contributed by atoms with Crippen molar-refractivity contribution in [2.24, 2.45) is 62.1 Å². The number of amides is 1. The summed E-state index contributed by atoms with van der Waals surface area (Å²) in [5, 5.41) is 9.66. The lowest BCUT2D eigenvalue weighted by molar-refractivity contribution is -0.250. The smallest absolute Gasteiger partial charge is 0.309 e. The number of imidazole rings is 1. The van der Waals surface area contributed by atoms with Crippen molar-refractivity contribution in [3.05, 3.63) is 54.5 Å². The maximum absolute atomic E-state index is 15.5. The van der Waals surface area contributed by atoms with E-state index in [-0.39, 0.29) is 45.6 Å². The number of nitrogens with zero attached hydrogens (tertiary/aromatic N) is 2. The van der Waals surface area contributed by atoms with Crippen LogP contribution in [-0.2, 0) is 19.1 Å². The van der Waals surface area contributed by atoms with Gasteiger partial charge in [-0.3, -0.25) is 14.4 Å². The first-order chi connectivity index (χ1) is 26.8. The molecule has 1 amide bonds. The van der Waals surface area contributed by atoms with Crippen LogP contribution in [0.15, 0.2) is 48.7 Å². The highest BCUT2D eigenvalue weighted by Gasteiger charge is 2.72. The molecular weight excluding hydrogens is 711 g/mol. The molecule has 2 N–H and O–H groups in total. The predicted molar refractivity (Wildman–Crippen MR) is 223 cm³/mol. The largest absolute Gasteiger partial charge is 0.481 e. The molecule has 8 rings (SSSR count). The number of hydrogen-bond acceptors (Lipinski definition) is 5. The number of allylic oxidation sites excluding steroid dienone is 1. The van der Waals surface area contributed by atoms with E-state index in [9.17, 15) is 14.7 Å². The molecule has 5 aliphatic carbocycles. The molecule has 0 radical (unpaired) electrons. The second kappa shape index (κ2) is 13.8. The minimum atomic E-state index is -1.15. The number of aromatic amines is 1. The van der Waals surface area contributed by atoms with Crippen molar-refractivity contribution in [2.75, 3.05) is 6.54 Å². The van der Waals surface area contributed by atoms with Gasteiger partial charge >= 0.3 is 11.9 Å². The van der Waals surface area contributed by atoms with Crippen LogP contribution in [0.3, 0.4) is 0 Å². The molecule has 5 saturated carbocycles. The van der Waals surface area contributed by atoms with Crippen LogP contribution in [0.2, 0.25) is 0 Å². The molecule has 1 aliphatic heterocycles. The maximum Gasteiger partial charge on any atom is 0.309 e. The van der Waals surface area contributed by atoms with Gasteiger partial charge in [-0.2, -0.15) is 0 Å². The van der Waals surface area contributed by atoms with Crippen molar-refractivity contribution >= 4 is 17.8 Å². The van der Waals surface area contributed by atoms with Gasteiger partial charge in [0.2, 0.25) is 5.91 Å². The number of hydrogen-bond donors (Lipinski definition) is 2. The molecule has 6 aliphatic rings. The Kier molecular flexibility index (Phi) is 9.79. The fourth-order valence-corrected chi connectivity index (χ4v) is 15.2. The van der Waals surface area contributed by atoms with Crippen molar-refractivity contribution < 1.29 is 24.2 Å². The highest BCUT2D eigenvalue weighted by atomic mass is 16.5. The number of carbonyl (C=O) groups is 3. The van der Waals surface area contributed by atoms with Gasteiger partial charge in [-0.05, 0) is 149 Å². The Morgan fingerprint density at radius 3 is 2.35 bits per heavy atom. The number of aromatic nitrogens is 2. The average Bonchev–Trinajstić information content (AvgIpc) is 3.92.